The molecule has 0 bridgehead atoms. The van der Waals surface area contributed by atoms with Gasteiger partial charge in [0.15, 0.2) is 5.76 Å². The van der Waals surface area contributed by atoms with Crippen LogP contribution in [0.4, 0.5) is 0 Å². The Balaban J connectivity index is 1.72. The molecule has 1 aromatic heterocycles. The molecule has 5 nitrogen and oxygen atoms in total. The van der Waals surface area contributed by atoms with Crippen LogP contribution in [-0.2, 0) is 4.79 Å². The lowest BCUT2D eigenvalue weighted by atomic mass is 9.69. The van der Waals surface area contributed by atoms with E-state index in [1.165, 1.54) is 6.26 Å². The summed E-state index contributed by atoms with van der Waals surface area (Å²) in [7, 11) is 1.65. The van der Waals surface area contributed by atoms with Crippen LogP contribution < -0.4 is 4.74 Å². The highest BCUT2D eigenvalue weighted by molar-refractivity contribution is 5.92. The van der Waals surface area contributed by atoms with Crippen LogP contribution in [0.15, 0.2) is 47.1 Å². The fraction of sp³-hybridized carbons (Fsp3) is 0.429. The number of ether oxygens (including phenoxy) is 1. The van der Waals surface area contributed by atoms with Crippen LogP contribution in [0.3, 0.4) is 0 Å². The lowest BCUT2D eigenvalue weighted by Gasteiger charge is -2.47. The molecule has 1 aromatic carbocycles. The Morgan fingerprint density at radius 1 is 1.23 bits per heavy atom. The van der Waals surface area contributed by atoms with Crippen molar-refractivity contribution < 1.29 is 18.7 Å². The number of hydrogen-bond donors (Lipinski definition) is 0. The Morgan fingerprint density at radius 3 is 2.88 bits per heavy atom. The number of furan rings is 1. The zero-order valence-electron chi connectivity index (χ0n) is 14.9. The molecule has 5 heteroatoms. The molecule has 0 spiro atoms. The second kappa shape index (κ2) is 6.98. The summed E-state index contributed by atoms with van der Waals surface area (Å²) in [4.78, 5) is 26.9. The molecule has 1 aliphatic heterocycles. The minimum atomic E-state index is -0.0850. The van der Waals surface area contributed by atoms with Gasteiger partial charge in [0.2, 0.25) is 0 Å². The molecule has 4 rings (SSSR count). The third-order valence-electron chi connectivity index (χ3n) is 5.76. The fourth-order valence-electron chi connectivity index (χ4n) is 4.54. The first-order chi connectivity index (χ1) is 12.7. The van der Waals surface area contributed by atoms with E-state index in [1.807, 2.05) is 23.1 Å². The Kier molecular flexibility index (Phi) is 4.53. The molecule has 2 fully saturated rings. The van der Waals surface area contributed by atoms with Crippen molar-refractivity contribution in [3.05, 3.63) is 54.0 Å². The van der Waals surface area contributed by atoms with Crippen molar-refractivity contribution in [2.45, 2.75) is 31.7 Å². The van der Waals surface area contributed by atoms with Gasteiger partial charge in [-0.2, -0.15) is 0 Å². The van der Waals surface area contributed by atoms with Gasteiger partial charge in [0.1, 0.15) is 11.5 Å². The van der Waals surface area contributed by atoms with Gasteiger partial charge in [0.05, 0.1) is 19.4 Å². The molecule has 1 amide bonds. The van der Waals surface area contributed by atoms with E-state index in [4.69, 9.17) is 9.15 Å². The van der Waals surface area contributed by atoms with E-state index in [-0.39, 0.29) is 17.9 Å². The van der Waals surface area contributed by atoms with Crippen molar-refractivity contribution in [1.82, 2.24) is 4.90 Å². The van der Waals surface area contributed by atoms with Crippen LogP contribution >= 0.6 is 0 Å². The number of hydrogen-bond acceptors (Lipinski definition) is 4. The van der Waals surface area contributed by atoms with Gasteiger partial charge in [-0.1, -0.05) is 12.1 Å². The van der Waals surface area contributed by atoms with Crippen molar-refractivity contribution >= 4 is 11.7 Å². The number of likely N-dealkylation sites (tertiary alicyclic amines) is 1. The first kappa shape index (κ1) is 16.9. The molecule has 1 saturated carbocycles. The molecule has 136 valence electrons. The van der Waals surface area contributed by atoms with Crippen molar-refractivity contribution in [1.29, 1.82) is 0 Å². The van der Waals surface area contributed by atoms with Crippen LogP contribution in [0.5, 0.6) is 5.75 Å². The third-order valence-corrected chi connectivity index (χ3v) is 5.76. The van der Waals surface area contributed by atoms with Crippen LogP contribution in [0.2, 0.25) is 0 Å². The number of rotatable bonds is 3. The molecule has 2 heterocycles. The lowest BCUT2D eigenvalue weighted by molar-refractivity contribution is -0.124. The maximum atomic E-state index is 13.1. The lowest BCUT2D eigenvalue weighted by Crippen LogP contribution is -2.48. The maximum Gasteiger partial charge on any atom is 0.290 e. The Bertz CT molecular complexity index is 798. The van der Waals surface area contributed by atoms with E-state index >= 15 is 0 Å². The van der Waals surface area contributed by atoms with E-state index in [0.717, 1.165) is 24.2 Å². The first-order valence-corrected chi connectivity index (χ1v) is 9.17. The largest absolute Gasteiger partial charge is 0.497 e. The monoisotopic (exact) mass is 353 g/mol. The fourth-order valence-corrected chi connectivity index (χ4v) is 4.54. The van der Waals surface area contributed by atoms with Gasteiger partial charge in [-0.15, -0.1) is 0 Å². The van der Waals surface area contributed by atoms with E-state index in [1.54, 1.807) is 19.2 Å². The number of fused-ring (bicyclic) bond motifs is 1. The number of amides is 1. The van der Waals surface area contributed by atoms with Crippen molar-refractivity contribution in [3.8, 4) is 5.75 Å². The van der Waals surface area contributed by atoms with E-state index < -0.39 is 0 Å². The zero-order chi connectivity index (χ0) is 18.1. The minimum absolute atomic E-state index is 0.0606. The summed E-state index contributed by atoms with van der Waals surface area (Å²) in [6.45, 7) is 0.635. The molecule has 3 atom stereocenters. The number of carbonyl (C=O) groups is 2. The first-order valence-electron chi connectivity index (χ1n) is 9.17. The summed E-state index contributed by atoms with van der Waals surface area (Å²) in [5.74, 6) is 2.03. The Morgan fingerprint density at radius 2 is 2.12 bits per heavy atom. The van der Waals surface area contributed by atoms with Crippen LogP contribution in [0, 0.1) is 11.8 Å². The second-order valence-electron chi connectivity index (χ2n) is 7.19. The number of carbonyl (C=O) groups excluding carboxylic acids is 2. The van der Waals surface area contributed by atoms with Gasteiger partial charge in [0, 0.05) is 19.4 Å². The van der Waals surface area contributed by atoms with Crippen molar-refractivity contribution in [2.24, 2.45) is 11.8 Å². The highest BCUT2D eigenvalue weighted by Gasteiger charge is 2.44. The van der Waals surface area contributed by atoms with Crippen molar-refractivity contribution in [3.63, 3.8) is 0 Å². The van der Waals surface area contributed by atoms with Gasteiger partial charge >= 0.3 is 0 Å². The van der Waals surface area contributed by atoms with Gasteiger partial charge in [-0.05, 0) is 54.5 Å². The predicted molar refractivity (Wildman–Crippen MR) is 95.9 cm³/mol. The van der Waals surface area contributed by atoms with Gasteiger partial charge < -0.3 is 14.1 Å². The van der Waals surface area contributed by atoms with Crippen molar-refractivity contribution in [2.75, 3.05) is 13.7 Å². The maximum absolute atomic E-state index is 13.1. The molecular weight excluding hydrogens is 330 g/mol. The number of nitrogens with zero attached hydrogens (tertiary/aromatic N) is 1. The molecular formula is C21H23NO4. The number of ketones is 1. The standard InChI is InChI=1S/C21H23NO4/c1-25-17-5-2-4-15(13-17)20-18-8-7-16(23)12-14(18)9-10-22(20)21(24)19-6-3-11-26-19/h2-6,11,13-14,18,20H,7-10,12H2,1H3. The minimum Gasteiger partial charge on any atom is -0.497 e. The molecule has 1 saturated heterocycles. The van der Waals surface area contributed by atoms with Gasteiger partial charge in [-0.3, -0.25) is 9.59 Å². The van der Waals surface area contributed by atoms with Gasteiger partial charge in [-0.25, -0.2) is 0 Å². The average Bonchev–Trinajstić information content (AvgIpc) is 3.21. The number of benzene rings is 1. The smallest absolute Gasteiger partial charge is 0.290 e. The summed E-state index contributed by atoms with van der Waals surface area (Å²) in [5, 5.41) is 0. The van der Waals surface area contributed by atoms with Gasteiger partial charge in [0.25, 0.3) is 5.91 Å². The highest BCUT2D eigenvalue weighted by atomic mass is 16.5. The molecule has 0 N–H and O–H groups in total. The summed E-state index contributed by atoms with van der Waals surface area (Å²) in [6, 6.07) is 11.3. The SMILES string of the molecule is COc1cccc(C2C3CCC(=O)CC3CCN2C(=O)c2ccco2)c1. The summed E-state index contributed by atoms with van der Waals surface area (Å²) < 4.78 is 10.8. The molecule has 2 aromatic rings. The number of methoxy groups -OCH3 is 1. The Labute approximate surface area is 152 Å². The van der Waals surface area contributed by atoms with E-state index in [0.29, 0.717) is 36.8 Å². The predicted octanol–water partition coefficient (Wildman–Crippen LogP) is 3.86. The molecule has 1 aliphatic carbocycles. The molecule has 0 radical (unpaired) electrons. The topological polar surface area (TPSA) is 59.8 Å². The van der Waals surface area contributed by atoms with Crippen LogP contribution in [0.1, 0.15) is 47.8 Å². The Hall–Kier alpha value is -2.56. The number of Topliss-reactive ketones (excluding diaryl/α,β-unsaturated/α-hetero) is 1. The van der Waals surface area contributed by atoms with E-state index in [9.17, 15) is 9.59 Å². The van der Waals surface area contributed by atoms with Crippen LogP contribution in [0.25, 0.3) is 0 Å². The highest BCUT2D eigenvalue weighted by Crippen LogP contribution is 2.46. The third kappa shape index (κ3) is 3.02. The molecule has 2 aliphatic rings. The zero-order valence-corrected chi connectivity index (χ0v) is 14.9. The molecule has 3 unspecified atom stereocenters. The summed E-state index contributed by atoms with van der Waals surface area (Å²) in [6.07, 6.45) is 4.45. The normalized spacial score (nSPS) is 25.7. The summed E-state index contributed by atoms with van der Waals surface area (Å²) >= 11 is 0. The quantitative estimate of drug-likeness (QED) is 0.841. The van der Waals surface area contributed by atoms with E-state index in [2.05, 4.69) is 6.07 Å². The molecule has 26 heavy (non-hydrogen) atoms. The summed E-state index contributed by atoms with van der Waals surface area (Å²) in [5.41, 5.74) is 1.06. The average molecular weight is 353 g/mol. The number of piperidine rings is 1. The van der Waals surface area contributed by atoms with Crippen LogP contribution in [-0.4, -0.2) is 30.2 Å². The second-order valence-corrected chi connectivity index (χ2v) is 7.19.